The van der Waals surface area contributed by atoms with E-state index in [2.05, 4.69) is 42.5 Å². The zero-order valence-corrected chi connectivity index (χ0v) is 12.4. The van der Waals surface area contributed by atoms with Crippen molar-refractivity contribution in [3.63, 3.8) is 0 Å². The molecule has 0 saturated heterocycles. The van der Waals surface area contributed by atoms with Crippen molar-refractivity contribution in [1.29, 1.82) is 0 Å². The van der Waals surface area contributed by atoms with Gasteiger partial charge in [0.05, 0.1) is 5.41 Å². The maximum absolute atomic E-state index is 12.4. The lowest BCUT2D eigenvalue weighted by atomic mass is 9.77. The molecule has 0 N–H and O–H groups in total. The topological polar surface area (TPSA) is 17.1 Å². The van der Waals surface area contributed by atoms with Crippen LogP contribution in [0.1, 0.15) is 31.7 Å². The van der Waals surface area contributed by atoms with E-state index in [0.29, 0.717) is 12.2 Å². The van der Waals surface area contributed by atoms with Gasteiger partial charge < -0.3 is 0 Å². The van der Waals surface area contributed by atoms with Crippen LogP contribution in [0.2, 0.25) is 0 Å². The predicted octanol–water partition coefficient (Wildman–Crippen LogP) is 4.92. The van der Waals surface area contributed by atoms with Gasteiger partial charge in [-0.15, -0.1) is 0 Å². The van der Waals surface area contributed by atoms with E-state index < -0.39 is 0 Å². The van der Waals surface area contributed by atoms with Gasteiger partial charge in [-0.05, 0) is 36.5 Å². The molecule has 1 nitrogen and oxygen atoms in total. The zero-order valence-electron chi connectivity index (χ0n) is 12.4. The minimum atomic E-state index is -0.385. The Balaban J connectivity index is 1.98. The molecule has 1 fully saturated rings. The summed E-state index contributed by atoms with van der Waals surface area (Å²) in [6.07, 6.45) is 6.71. The molecule has 21 heavy (non-hydrogen) atoms. The summed E-state index contributed by atoms with van der Waals surface area (Å²) < 4.78 is 0. The Labute approximate surface area is 126 Å². The highest BCUT2D eigenvalue weighted by Gasteiger charge is 2.40. The van der Waals surface area contributed by atoms with Gasteiger partial charge in [0.25, 0.3) is 0 Å². The van der Waals surface area contributed by atoms with Gasteiger partial charge in [-0.25, -0.2) is 0 Å². The second kappa shape index (κ2) is 5.69. The molecule has 0 amide bonds. The van der Waals surface area contributed by atoms with Crippen molar-refractivity contribution in [2.45, 2.75) is 31.6 Å². The van der Waals surface area contributed by atoms with Gasteiger partial charge in [0, 0.05) is 6.42 Å². The van der Waals surface area contributed by atoms with Crippen LogP contribution in [-0.2, 0) is 10.2 Å². The van der Waals surface area contributed by atoms with Gasteiger partial charge in [0.1, 0.15) is 5.78 Å². The summed E-state index contributed by atoms with van der Waals surface area (Å²) in [5, 5.41) is 0. The maximum atomic E-state index is 12.4. The van der Waals surface area contributed by atoms with Crippen LogP contribution in [0.4, 0.5) is 0 Å². The molecule has 0 aliphatic heterocycles. The van der Waals surface area contributed by atoms with E-state index in [1.54, 1.807) is 0 Å². The fourth-order valence-electron chi connectivity index (χ4n) is 3.34. The maximum Gasteiger partial charge on any atom is 0.147 e. The van der Waals surface area contributed by atoms with Crippen LogP contribution in [0.15, 0.2) is 66.7 Å². The SMILES string of the molecule is C/C=C/[C@]1(c2ccc(-c3ccccc3)cc2)CCCC1=O. The van der Waals surface area contributed by atoms with E-state index in [4.69, 9.17) is 0 Å². The number of rotatable bonds is 3. The molecule has 1 aliphatic carbocycles. The average molecular weight is 276 g/mol. The van der Waals surface area contributed by atoms with Gasteiger partial charge in [-0.1, -0.05) is 66.7 Å². The molecule has 1 aliphatic rings. The third kappa shape index (κ3) is 2.44. The van der Waals surface area contributed by atoms with Crippen LogP contribution in [0.3, 0.4) is 0 Å². The van der Waals surface area contributed by atoms with E-state index >= 15 is 0 Å². The summed E-state index contributed by atoms with van der Waals surface area (Å²) in [5.41, 5.74) is 3.15. The molecule has 0 unspecified atom stereocenters. The Kier molecular flexibility index (Phi) is 3.74. The summed E-state index contributed by atoms with van der Waals surface area (Å²) in [5.74, 6) is 0.355. The smallest absolute Gasteiger partial charge is 0.147 e. The number of hydrogen-bond acceptors (Lipinski definition) is 1. The van der Waals surface area contributed by atoms with Crippen LogP contribution in [0, 0.1) is 0 Å². The monoisotopic (exact) mass is 276 g/mol. The van der Waals surface area contributed by atoms with Gasteiger partial charge >= 0.3 is 0 Å². The first kappa shape index (κ1) is 13.8. The highest BCUT2D eigenvalue weighted by Crippen LogP contribution is 2.40. The minimum Gasteiger partial charge on any atom is -0.298 e. The first-order chi connectivity index (χ1) is 10.3. The largest absolute Gasteiger partial charge is 0.298 e. The Bertz CT molecular complexity index is 652. The van der Waals surface area contributed by atoms with Gasteiger partial charge in [-0.2, -0.15) is 0 Å². The molecular weight excluding hydrogens is 256 g/mol. The molecular formula is C20H20O. The number of carbonyl (C=O) groups is 1. The van der Waals surface area contributed by atoms with Gasteiger partial charge in [0.15, 0.2) is 0 Å². The van der Waals surface area contributed by atoms with Crippen LogP contribution in [0.5, 0.6) is 0 Å². The van der Waals surface area contributed by atoms with Crippen LogP contribution in [-0.4, -0.2) is 5.78 Å². The van der Waals surface area contributed by atoms with Crippen molar-refractivity contribution in [2.24, 2.45) is 0 Å². The van der Waals surface area contributed by atoms with E-state index in [1.807, 2.05) is 31.2 Å². The van der Waals surface area contributed by atoms with Crippen molar-refractivity contribution in [3.05, 3.63) is 72.3 Å². The fraction of sp³-hybridized carbons (Fsp3) is 0.250. The standard InChI is InChI=1S/C20H20O/c1-2-14-20(15-6-9-19(20)21)18-12-10-17(11-13-18)16-7-4-3-5-8-16/h2-5,7-8,10-14H,6,9,15H2,1H3/b14-2+/t20-/m1/s1. The van der Waals surface area contributed by atoms with Crippen molar-refractivity contribution in [2.75, 3.05) is 0 Å². The fourth-order valence-corrected chi connectivity index (χ4v) is 3.34. The number of carbonyl (C=O) groups excluding carboxylic acids is 1. The molecule has 1 heteroatoms. The van der Waals surface area contributed by atoms with E-state index in [1.165, 1.54) is 11.1 Å². The first-order valence-electron chi connectivity index (χ1n) is 7.59. The number of ketones is 1. The van der Waals surface area contributed by atoms with E-state index in [-0.39, 0.29) is 5.41 Å². The lowest BCUT2D eigenvalue weighted by Gasteiger charge is -2.24. The summed E-state index contributed by atoms with van der Waals surface area (Å²) in [7, 11) is 0. The van der Waals surface area contributed by atoms with Crippen molar-refractivity contribution >= 4 is 5.78 Å². The number of Topliss-reactive ketones (excluding diaryl/α,β-unsaturated/α-hetero) is 1. The predicted molar refractivity (Wildman–Crippen MR) is 87.2 cm³/mol. The quantitative estimate of drug-likeness (QED) is 0.727. The molecule has 0 spiro atoms. The lowest BCUT2D eigenvalue weighted by Crippen LogP contribution is -2.28. The number of benzene rings is 2. The molecule has 0 aromatic heterocycles. The summed E-state index contributed by atoms with van der Waals surface area (Å²) >= 11 is 0. The van der Waals surface area contributed by atoms with Crippen molar-refractivity contribution in [3.8, 4) is 11.1 Å². The Morgan fingerprint density at radius 2 is 1.62 bits per heavy atom. The first-order valence-corrected chi connectivity index (χ1v) is 7.59. The summed E-state index contributed by atoms with van der Waals surface area (Å²) in [6, 6.07) is 18.8. The number of hydrogen-bond donors (Lipinski definition) is 0. The molecule has 2 aromatic rings. The lowest BCUT2D eigenvalue weighted by molar-refractivity contribution is -0.120. The molecule has 106 valence electrons. The molecule has 0 heterocycles. The molecule has 0 bridgehead atoms. The van der Waals surface area contributed by atoms with E-state index in [9.17, 15) is 4.79 Å². The van der Waals surface area contributed by atoms with Crippen LogP contribution >= 0.6 is 0 Å². The molecule has 1 atom stereocenters. The van der Waals surface area contributed by atoms with Crippen molar-refractivity contribution in [1.82, 2.24) is 0 Å². The van der Waals surface area contributed by atoms with Crippen molar-refractivity contribution < 1.29 is 4.79 Å². The molecule has 3 rings (SSSR count). The zero-order chi connectivity index (χ0) is 14.7. The minimum absolute atomic E-state index is 0.355. The Morgan fingerprint density at radius 1 is 0.952 bits per heavy atom. The molecule has 2 aromatic carbocycles. The number of allylic oxidation sites excluding steroid dienone is 2. The Morgan fingerprint density at radius 3 is 2.19 bits per heavy atom. The Hall–Kier alpha value is -2.15. The van der Waals surface area contributed by atoms with E-state index in [0.717, 1.165) is 18.4 Å². The third-order valence-corrected chi connectivity index (χ3v) is 4.43. The highest BCUT2D eigenvalue weighted by molar-refractivity contribution is 5.94. The van der Waals surface area contributed by atoms with Gasteiger partial charge in [-0.3, -0.25) is 4.79 Å². The normalized spacial score (nSPS) is 22.0. The second-order valence-electron chi connectivity index (χ2n) is 5.69. The highest BCUT2D eigenvalue weighted by atomic mass is 16.1. The second-order valence-corrected chi connectivity index (χ2v) is 5.69. The van der Waals surface area contributed by atoms with Crippen LogP contribution in [0.25, 0.3) is 11.1 Å². The average Bonchev–Trinajstić information content (AvgIpc) is 2.91. The van der Waals surface area contributed by atoms with Crippen LogP contribution < -0.4 is 0 Å². The summed E-state index contributed by atoms with van der Waals surface area (Å²) in [6.45, 7) is 1.99. The summed E-state index contributed by atoms with van der Waals surface area (Å²) in [4.78, 5) is 12.4. The van der Waals surface area contributed by atoms with Gasteiger partial charge in [0.2, 0.25) is 0 Å². The molecule has 1 saturated carbocycles. The molecule has 0 radical (unpaired) electrons. The third-order valence-electron chi connectivity index (χ3n) is 4.43.